The van der Waals surface area contributed by atoms with Gasteiger partial charge in [0.1, 0.15) is 0 Å². The summed E-state index contributed by atoms with van der Waals surface area (Å²) in [6.45, 7) is 9.64. The largest absolute Gasteiger partial charge is 0.310 e. The van der Waals surface area contributed by atoms with Crippen molar-refractivity contribution in [3.8, 4) is 0 Å². The quantitative estimate of drug-likeness (QED) is 0.808. The fourth-order valence-electron chi connectivity index (χ4n) is 2.62. The number of nitrogens with one attached hydrogen (secondary N) is 1. The van der Waals surface area contributed by atoms with Gasteiger partial charge in [-0.15, -0.1) is 11.3 Å². The molecule has 0 bridgehead atoms. The summed E-state index contributed by atoms with van der Waals surface area (Å²) >= 11 is 1.94. The first kappa shape index (κ1) is 16.2. The molecule has 1 unspecified atom stereocenters. The first-order chi connectivity index (χ1) is 10.1. The molecule has 0 aromatic carbocycles. The second-order valence-electron chi connectivity index (χ2n) is 5.62. The fraction of sp³-hybridized carbons (Fsp3) is 0.500. The van der Waals surface area contributed by atoms with Crippen molar-refractivity contribution in [3.63, 3.8) is 0 Å². The van der Waals surface area contributed by atoms with Gasteiger partial charge in [0.05, 0.1) is 0 Å². The third-order valence-corrected chi connectivity index (χ3v) is 4.87. The molecule has 2 heterocycles. The maximum Gasteiger partial charge on any atom is 0.0379 e. The van der Waals surface area contributed by atoms with Crippen LogP contribution in [0.15, 0.2) is 24.3 Å². The first-order valence-electron chi connectivity index (χ1n) is 7.88. The van der Waals surface area contributed by atoms with Gasteiger partial charge < -0.3 is 5.32 Å². The molecule has 2 aromatic heterocycles. The maximum absolute atomic E-state index is 4.50. The molecule has 1 atom stereocenters. The predicted molar refractivity (Wildman–Crippen MR) is 92.1 cm³/mol. The van der Waals surface area contributed by atoms with Gasteiger partial charge in [-0.2, -0.15) is 0 Å². The van der Waals surface area contributed by atoms with Gasteiger partial charge in [0.15, 0.2) is 0 Å². The van der Waals surface area contributed by atoms with Crippen molar-refractivity contribution in [2.75, 3.05) is 6.54 Å². The van der Waals surface area contributed by atoms with E-state index < -0.39 is 0 Å². The average Bonchev–Trinajstić information content (AvgIpc) is 2.90. The van der Waals surface area contributed by atoms with Crippen LogP contribution in [-0.4, -0.2) is 11.5 Å². The number of aromatic nitrogens is 1. The lowest BCUT2D eigenvalue weighted by Crippen LogP contribution is -2.24. The molecule has 0 aliphatic carbocycles. The van der Waals surface area contributed by atoms with Crippen molar-refractivity contribution in [2.24, 2.45) is 0 Å². The second-order valence-corrected chi connectivity index (χ2v) is 6.87. The van der Waals surface area contributed by atoms with Crippen LogP contribution < -0.4 is 5.32 Å². The van der Waals surface area contributed by atoms with Gasteiger partial charge in [-0.3, -0.25) is 4.98 Å². The summed E-state index contributed by atoms with van der Waals surface area (Å²) in [7, 11) is 0. The van der Waals surface area contributed by atoms with Crippen molar-refractivity contribution in [2.45, 2.75) is 53.0 Å². The van der Waals surface area contributed by atoms with E-state index in [2.05, 4.69) is 62.3 Å². The fourth-order valence-corrected chi connectivity index (χ4v) is 3.62. The van der Waals surface area contributed by atoms with Crippen LogP contribution in [0.1, 0.15) is 53.0 Å². The molecule has 0 amide bonds. The van der Waals surface area contributed by atoms with Crippen LogP contribution in [0.4, 0.5) is 0 Å². The molecule has 0 aliphatic rings. The summed E-state index contributed by atoms with van der Waals surface area (Å²) in [4.78, 5) is 7.43. The van der Waals surface area contributed by atoms with E-state index in [-0.39, 0.29) is 0 Å². The number of hydrogen-bond donors (Lipinski definition) is 1. The van der Waals surface area contributed by atoms with E-state index in [0.717, 1.165) is 37.2 Å². The normalized spacial score (nSPS) is 12.6. The van der Waals surface area contributed by atoms with Gasteiger partial charge in [0.25, 0.3) is 0 Å². The van der Waals surface area contributed by atoms with Crippen molar-refractivity contribution < 1.29 is 0 Å². The van der Waals surface area contributed by atoms with E-state index >= 15 is 0 Å². The Bertz CT molecular complexity index is 554. The predicted octanol–water partition coefficient (Wildman–Crippen LogP) is 4.61. The van der Waals surface area contributed by atoms with Gasteiger partial charge in [-0.1, -0.05) is 13.8 Å². The van der Waals surface area contributed by atoms with Crippen molar-refractivity contribution in [1.82, 2.24) is 10.3 Å². The van der Waals surface area contributed by atoms with E-state index in [9.17, 15) is 0 Å². The lowest BCUT2D eigenvalue weighted by Gasteiger charge is -2.19. The molecule has 2 rings (SSSR count). The number of rotatable bonds is 7. The van der Waals surface area contributed by atoms with Crippen molar-refractivity contribution >= 4 is 11.3 Å². The number of aryl methyl sites for hydroxylation is 3. The van der Waals surface area contributed by atoms with Gasteiger partial charge in [0, 0.05) is 33.6 Å². The zero-order valence-electron chi connectivity index (χ0n) is 13.6. The lowest BCUT2D eigenvalue weighted by molar-refractivity contribution is 0.531. The standard InChI is InChI=1S/C18H26N2S/c1-5-9-19-18(12-17-8-7-16(6-2)21-17)15-10-13(3)20-14(4)11-15/h7-8,10-11,18-19H,5-6,9,12H2,1-4H3. The second kappa shape index (κ2) is 7.71. The SMILES string of the molecule is CCCNC(Cc1ccc(CC)s1)c1cc(C)nc(C)c1. The highest BCUT2D eigenvalue weighted by atomic mass is 32.1. The smallest absolute Gasteiger partial charge is 0.0379 e. The molecule has 0 saturated carbocycles. The first-order valence-corrected chi connectivity index (χ1v) is 8.70. The average molecular weight is 302 g/mol. The molecule has 2 nitrogen and oxygen atoms in total. The summed E-state index contributed by atoms with van der Waals surface area (Å²) < 4.78 is 0. The van der Waals surface area contributed by atoms with Crippen LogP contribution >= 0.6 is 11.3 Å². The Morgan fingerprint density at radius 1 is 1.10 bits per heavy atom. The third-order valence-electron chi connectivity index (χ3n) is 3.62. The molecule has 2 aromatic rings. The van der Waals surface area contributed by atoms with Crippen LogP contribution in [0.2, 0.25) is 0 Å². The zero-order chi connectivity index (χ0) is 15.2. The molecule has 0 radical (unpaired) electrons. The Morgan fingerprint density at radius 3 is 2.33 bits per heavy atom. The molecule has 3 heteroatoms. The molecular weight excluding hydrogens is 276 g/mol. The highest BCUT2D eigenvalue weighted by molar-refractivity contribution is 7.11. The Balaban J connectivity index is 2.20. The molecule has 0 fully saturated rings. The van der Waals surface area contributed by atoms with Crippen LogP contribution in [0.3, 0.4) is 0 Å². The van der Waals surface area contributed by atoms with Gasteiger partial charge >= 0.3 is 0 Å². The molecule has 1 N–H and O–H groups in total. The molecular formula is C18H26N2S. The van der Waals surface area contributed by atoms with Gasteiger partial charge in [-0.05, 0) is 63.1 Å². The maximum atomic E-state index is 4.50. The van der Waals surface area contributed by atoms with Crippen LogP contribution in [0, 0.1) is 13.8 Å². The Kier molecular flexibility index (Phi) is 5.95. The van der Waals surface area contributed by atoms with E-state index in [1.165, 1.54) is 15.3 Å². The van der Waals surface area contributed by atoms with E-state index in [0.29, 0.717) is 6.04 Å². The molecule has 21 heavy (non-hydrogen) atoms. The number of thiophene rings is 1. The summed E-state index contributed by atoms with van der Waals surface area (Å²) in [5.74, 6) is 0. The van der Waals surface area contributed by atoms with Gasteiger partial charge in [0.2, 0.25) is 0 Å². The topological polar surface area (TPSA) is 24.9 Å². The summed E-state index contributed by atoms with van der Waals surface area (Å²) in [6.07, 6.45) is 3.35. The number of hydrogen-bond acceptors (Lipinski definition) is 3. The zero-order valence-corrected chi connectivity index (χ0v) is 14.4. The van der Waals surface area contributed by atoms with Crippen LogP contribution in [0.25, 0.3) is 0 Å². The molecule has 0 aliphatic heterocycles. The number of pyridine rings is 1. The summed E-state index contributed by atoms with van der Waals surface area (Å²) in [6, 6.07) is 9.36. The molecule has 0 saturated heterocycles. The monoisotopic (exact) mass is 302 g/mol. The highest BCUT2D eigenvalue weighted by Crippen LogP contribution is 2.25. The van der Waals surface area contributed by atoms with E-state index in [4.69, 9.17) is 0 Å². The third kappa shape index (κ3) is 4.65. The Morgan fingerprint density at radius 2 is 1.76 bits per heavy atom. The Labute approximate surface area is 132 Å². The minimum Gasteiger partial charge on any atom is -0.310 e. The Hall–Kier alpha value is -1.19. The van der Waals surface area contributed by atoms with Crippen molar-refractivity contribution in [1.29, 1.82) is 0 Å². The van der Waals surface area contributed by atoms with Crippen LogP contribution in [0.5, 0.6) is 0 Å². The minimum atomic E-state index is 0.383. The lowest BCUT2D eigenvalue weighted by atomic mass is 10.0. The summed E-state index contributed by atoms with van der Waals surface area (Å²) in [5, 5.41) is 3.69. The molecule has 114 valence electrons. The highest BCUT2D eigenvalue weighted by Gasteiger charge is 2.14. The van der Waals surface area contributed by atoms with E-state index in [1.807, 2.05) is 11.3 Å². The molecule has 0 spiro atoms. The number of nitrogens with zero attached hydrogens (tertiary/aromatic N) is 1. The van der Waals surface area contributed by atoms with Gasteiger partial charge in [-0.25, -0.2) is 0 Å². The van der Waals surface area contributed by atoms with Crippen LogP contribution in [-0.2, 0) is 12.8 Å². The van der Waals surface area contributed by atoms with Crippen molar-refractivity contribution in [3.05, 3.63) is 51.0 Å². The minimum absolute atomic E-state index is 0.383. The van der Waals surface area contributed by atoms with E-state index in [1.54, 1.807) is 0 Å². The summed E-state index contributed by atoms with van der Waals surface area (Å²) in [5.41, 5.74) is 3.57.